The van der Waals surface area contributed by atoms with Crippen LogP contribution < -0.4 is 21.1 Å². The molecule has 2 rings (SSSR count). The molecule has 4 N–H and O–H groups in total. The lowest BCUT2D eigenvalue weighted by atomic mass is 9.95. The van der Waals surface area contributed by atoms with Crippen molar-refractivity contribution >= 4 is 23.3 Å². The van der Waals surface area contributed by atoms with Gasteiger partial charge in [0.15, 0.2) is 0 Å². The molecule has 140 valence electrons. The van der Waals surface area contributed by atoms with Gasteiger partial charge < -0.3 is 21.1 Å². The van der Waals surface area contributed by atoms with E-state index in [1.165, 1.54) is 11.3 Å². The minimum atomic E-state index is -0.647. The highest BCUT2D eigenvalue weighted by Crippen LogP contribution is 2.26. The topological polar surface area (TPSA) is 93.4 Å². The molecule has 0 saturated carbocycles. The number of thiophene rings is 1. The summed E-state index contributed by atoms with van der Waals surface area (Å²) in [6.07, 6.45) is 0.128. The minimum Gasteiger partial charge on any atom is -0.497 e. The van der Waals surface area contributed by atoms with Crippen LogP contribution in [-0.4, -0.2) is 19.0 Å². The summed E-state index contributed by atoms with van der Waals surface area (Å²) in [5, 5.41) is 7.61. The van der Waals surface area contributed by atoms with Crippen LogP contribution in [0.1, 0.15) is 42.8 Å². The number of urea groups is 1. The highest BCUT2D eigenvalue weighted by molar-refractivity contribution is 7.10. The number of methoxy groups -OCH3 is 1. The van der Waals surface area contributed by atoms with Crippen molar-refractivity contribution in [2.24, 2.45) is 11.7 Å². The van der Waals surface area contributed by atoms with E-state index in [2.05, 4.69) is 10.6 Å². The highest BCUT2D eigenvalue weighted by atomic mass is 32.1. The van der Waals surface area contributed by atoms with Gasteiger partial charge in [0.25, 0.3) is 0 Å². The lowest BCUT2D eigenvalue weighted by Gasteiger charge is -2.24. The Morgan fingerprint density at radius 3 is 2.35 bits per heavy atom. The van der Waals surface area contributed by atoms with Crippen LogP contribution in [0.4, 0.5) is 4.79 Å². The smallest absolute Gasteiger partial charge is 0.312 e. The van der Waals surface area contributed by atoms with Gasteiger partial charge in [-0.15, -0.1) is 11.3 Å². The summed E-state index contributed by atoms with van der Waals surface area (Å²) in [5.74, 6) is 0.828. The van der Waals surface area contributed by atoms with Crippen LogP contribution in [0.25, 0.3) is 0 Å². The zero-order valence-electron chi connectivity index (χ0n) is 15.2. The van der Waals surface area contributed by atoms with Gasteiger partial charge in [0.05, 0.1) is 25.6 Å². The van der Waals surface area contributed by atoms with Crippen molar-refractivity contribution < 1.29 is 14.3 Å². The Hall–Kier alpha value is -2.54. The number of nitrogens with one attached hydrogen (secondary N) is 2. The first kappa shape index (κ1) is 19.8. The maximum Gasteiger partial charge on any atom is 0.312 e. The fraction of sp³-hybridized carbons (Fsp3) is 0.368. The number of carbonyl (C=O) groups is 2. The summed E-state index contributed by atoms with van der Waals surface area (Å²) < 4.78 is 5.18. The molecule has 0 saturated heterocycles. The zero-order valence-corrected chi connectivity index (χ0v) is 16.0. The van der Waals surface area contributed by atoms with E-state index in [0.29, 0.717) is 0 Å². The van der Waals surface area contributed by atoms with Gasteiger partial charge in [0.2, 0.25) is 5.91 Å². The first-order valence-electron chi connectivity index (χ1n) is 8.43. The molecule has 2 unspecified atom stereocenters. The van der Waals surface area contributed by atoms with Crippen LogP contribution in [-0.2, 0) is 4.79 Å². The number of benzene rings is 1. The standard InChI is InChI=1S/C19H25N3O3S/c1-12(2)18(13-6-8-14(25-3)9-7-13)22-17(23)11-15(21-19(20)24)16-5-4-10-26-16/h4-10,12,15,18H,11H2,1-3H3,(H,22,23)(H3,20,21,24). The molecular weight excluding hydrogens is 350 g/mol. The molecule has 7 heteroatoms. The average Bonchev–Trinajstić information content (AvgIpc) is 3.13. The summed E-state index contributed by atoms with van der Waals surface area (Å²) >= 11 is 1.48. The van der Waals surface area contributed by atoms with Crippen molar-refractivity contribution in [1.29, 1.82) is 0 Å². The van der Waals surface area contributed by atoms with Crippen molar-refractivity contribution in [2.45, 2.75) is 32.4 Å². The fourth-order valence-corrected chi connectivity index (χ4v) is 3.53. The zero-order chi connectivity index (χ0) is 19.1. The molecule has 1 heterocycles. The molecule has 0 aliphatic carbocycles. The fourth-order valence-electron chi connectivity index (χ4n) is 2.75. The first-order chi connectivity index (χ1) is 12.4. The van der Waals surface area contributed by atoms with E-state index in [1.807, 2.05) is 55.6 Å². The Morgan fingerprint density at radius 1 is 1.15 bits per heavy atom. The maximum atomic E-state index is 12.6. The van der Waals surface area contributed by atoms with Gasteiger partial charge in [-0.2, -0.15) is 0 Å². The monoisotopic (exact) mass is 375 g/mol. The summed E-state index contributed by atoms with van der Waals surface area (Å²) in [4.78, 5) is 24.8. The Labute approximate surface area is 157 Å². The van der Waals surface area contributed by atoms with E-state index in [-0.39, 0.29) is 24.3 Å². The molecule has 2 aromatic rings. The lowest BCUT2D eigenvalue weighted by molar-refractivity contribution is -0.122. The van der Waals surface area contributed by atoms with Gasteiger partial charge in [0, 0.05) is 4.88 Å². The lowest BCUT2D eigenvalue weighted by Crippen LogP contribution is -2.38. The van der Waals surface area contributed by atoms with Crippen molar-refractivity contribution in [3.05, 3.63) is 52.2 Å². The molecule has 0 bridgehead atoms. The number of nitrogens with two attached hydrogens (primary N) is 1. The second-order valence-corrected chi connectivity index (χ2v) is 7.32. The first-order valence-corrected chi connectivity index (χ1v) is 9.31. The largest absolute Gasteiger partial charge is 0.497 e. The number of hydrogen-bond donors (Lipinski definition) is 3. The molecular formula is C19H25N3O3S. The highest BCUT2D eigenvalue weighted by Gasteiger charge is 2.23. The van der Waals surface area contributed by atoms with Crippen LogP contribution >= 0.6 is 11.3 Å². The average molecular weight is 375 g/mol. The molecule has 0 aliphatic heterocycles. The quantitative estimate of drug-likeness (QED) is 0.660. The maximum absolute atomic E-state index is 12.6. The Kier molecular flexibility index (Phi) is 7.03. The van der Waals surface area contributed by atoms with Gasteiger partial charge in [-0.3, -0.25) is 4.79 Å². The summed E-state index contributed by atoms with van der Waals surface area (Å²) in [5.41, 5.74) is 6.26. The Balaban J connectivity index is 2.09. The van der Waals surface area contributed by atoms with Crippen molar-refractivity contribution in [3.63, 3.8) is 0 Å². The number of amides is 3. The van der Waals surface area contributed by atoms with Crippen molar-refractivity contribution in [2.75, 3.05) is 7.11 Å². The third-order valence-corrected chi connectivity index (χ3v) is 5.04. The van der Waals surface area contributed by atoms with Gasteiger partial charge in [-0.25, -0.2) is 4.79 Å². The van der Waals surface area contributed by atoms with Crippen LogP contribution in [0, 0.1) is 5.92 Å². The molecule has 26 heavy (non-hydrogen) atoms. The predicted molar refractivity (Wildman–Crippen MR) is 103 cm³/mol. The van der Waals surface area contributed by atoms with Crippen LogP contribution in [0.3, 0.4) is 0 Å². The second kappa shape index (κ2) is 9.24. The van der Waals surface area contributed by atoms with E-state index in [4.69, 9.17) is 10.5 Å². The SMILES string of the molecule is COc1ccc(C(NC(=O)CC(NC(N)=O)c2cccs2)C(C)C)cc1. The van der Waals surface area contributed by atoms with Gasteiger partial charge >= 0.3 is 6.03 Å². The number of carbonyl (C=O) groups excluding carboxylic acids is 2. The second-order valence-electron chi connectivity index (χ2n) is 6.34. The van der Waals surface area contributed by atoms with Crippen molar-refractivity contribution in [3.8, 4) is 5.75 Å². The van der Waals surface area contributed by atoms with Gasteiger partial charge in [-0.1, -0.05) is 32.0 Å². The van der Waals surface area contributed by atoms with Gasteiger partial charge in [0.1, 0.15) is 5.75 Å². The third-order valence-electron chi connectivity index (χ3n) is 4.05. The summed E-state index contributed by atoms with van der Waals surface area (Å²) in [7, 11) is 1.62. The molecule has 1 aromatic heterocycles. The van der Waals surface area contributed by atoms with Crippen LogP contribution in [0.5, 0.6) is 5.75 Å². The molecule has 0 aliphatic rings. The normalized spacial score (nSPS) is 13.1. The van der Waals surface area contributed by atoms with E-state index in [1.54, 1.807) is 7.11 Å². The third kappa shape index (κ3) is 5.49. The van der Waals surface area contributed by atoms with E-state index >= 15 is 0 Å². The Morgan fingerprint density at radius 2 is 1.85 bits per heavy atom. The molecule has 0 fully saturated rings. The molecule has 3 amide bonds. The van der Waals surface area contributed by atoms with Gasteiger partial charge in [-0.05, 0) is 35.1 Å². The molecule has 2 atom stereocenters. The Bertz CT molecular complexity index is 714. The predicted octanol–water partition coefficient (Wildman–Crippen LogP) is 3.37. The van der Waals surface area contributed by atoms with E-state index in [9.17, 15) is 9.59 Å². The molecule has 0 spiro atoms. The molecule has 0 radical (unpaired) electrons. The number of ether oxygens (including phenoxy) is 1. The number of hydrogen-bond acceptors (Lipinski definition) is 4. The van der Waals surface area contributed by atoms with E-state index < -0.39 is 12.1 Å². The van der Waals surface area contributed by atoms with E-state index in [0.717, 1.165) is 16.2 Å². The summed E-state index contributed by atoms with van der Waals surface area (Å²) in [6, 6.07) is 10.2. The number of primary amides is 1. The number of rotatable bonds is 8. The summed E-state index contributed by atoms with van der Waals surface area (Å²) in [6.45, 7) is 4.10. The van der Waals surface area contributed by atoms with Crippen molar-refractivity contribution in [1.82, 2.24) is 10.6 Å². The molecule has 6 nitrogen and oxygen atoms in total. The van der Waals surface area contributed by atoms with Crippen LogP contribution in [0.15, 0.2) is 41.8 Å². The minimum absolute atomic E-state index is 0.128. The molecule has 1 aromatic carbocycles. The van der Waals surface area contributed by atoms with Crippen LogP contribution in [0.2, 0.25) is 0 Å².